The fourth-order valence-electron chi connectivity index (χ4n) is 1.74. The number of nitrogens with zero attached hydrogens (tertiary/aromatic N) is 3. The minimum absolute atomic E-state index is 0.573. The van der Waals surface area contributed by atoms with Crippen molar-refractivity contribution in [1.82, 2.24) is 15.0 Å². The Morgan fingerprint density at radius 2 is 1.94 bits per heavy atom. The molecule has 2 aromatic rings. The monoisotopic (exact) mass is 249 g/mol. The van der Waals surface area contributed by atoms with Crippen molar-refractivity contribution in [3.63, 3.8) is 0 Å². The van der Waals surface area contributed by atoms with E-state index in [-0.39, 0.29) is 0 Å². The molecule has 96 valence electrons. The average Bonchev–Trinajstić information content (AvgIpc) is 2.83. The van der Waals surface area contributed by atoms with E-state index in [1.165, 1.54) is 10.9 Å². The van der Waals surface area contributed by atoms with E-state index >= 15 is 0 Å². The van der Waals surface area contributed by atoms with Crippen LogP contribution < -0.4 is 9.47 Å². The van der Waals surface area contributed by atoms with Crippen molar-refractivity contribution in [1.29, 1.82) is 0 Å². The van der Waals surface area contributed by atoms with Crippen LogP contribution in [0.2, 0.25) is 0 Å². The summed E-state index contributed by atoms with van der Waals surface area (Å²) < 4.78 is 11.9. The highest BCUT2D eigenvalue weighted by atomic mass is 16.5. The highest BCUT2D eigenvalue weighted by molar-refractivity contribution is 5.44. The van der Waals surface area contributed by atoms with Gasteiger partial charge in [0, 0.05) is 7.05 Å². The second-order valence-corrected chi connectivity index (χ2v) is 3.80. The van der Waals surface area contributed by atoms with Crippen molar-refractivity contribution < 1.29 is 14.6 Å². The molecule has 1 atom stereocenters. The van der Waals surface area contributed by atoms with Gasteiger partial charge >= 0.3 is 0 Å². The maximum atomic E-state index is 10.2. The minimum Gasteiger partial charge on any atom is -0.493 e. The number of hydrogen-bond donors (Lipinski definition) is 1. The summed E-state index contributed by atoms with van der Waals surface area (Å²) in [5.41, 5.74) is 1.31. The number of aliphatic hydroxyl groups excluding tert-OH is 1. The van der Waals surface area contributed by atoms with E-state index in [4.69, 9.17) is 9.47 Å². The molecule has 1 aromatic carbocycles. The van der Waals surface area contributed by atoms with Crippen molar-refractivity contribution in [2.45, 2.75) is 6.10 Å². The molecule has 2 rings (SSSR count). The van der Waals surface area contributed by atoms with Crippen LogP contribution in [0.25, 0.3) is 0 Å². The van der Waals surface area contributed by atoms with Crippen LogP contribution in [-0.2, 0) is 7.05 Å². The molecule has 18 heavy (non-hydrogen) atoms. The number of rotatable bonds is 4. The standard InChI is InChI=1S/C12H15N3O3/c1-15-9(7-13-14-15)12(16)8-4-5-10(17-2)11(6-8)18-3/h4-7,12,16H,1-3H3. The van der Waals surface area contributed by atoms with Crippen LogP contribution >= 0.6 is 0 Å². The Kier molecular flexibility index (Phi) is 3.47. The first kappa shape index (κ1) is 12.4. The summed E-state index contributed by atoms with van der Waals surface area (Å²) in [4.78, 5) is 0. The van der Waals surface area contributed by atoms with E-state index < -0.39 is 6.10 Å². The third-order valence-corrected chi connectivity index (χ3v) is 2.75. The van der Waals surface area contributed by atoms with Gasteiger partial charge in [-0.3, -0.25) is 0 Å². The van der Waals surface area contributed by atoms with Crippen LogP contribution in [0.5, 0.6) is 11.5 Å². The zero-order chi connectivity index (χ0) is 13.1. The van der Waals surface area contributed by atoms with Gasteiger partial charge in [0.15, 0.2) is 11.5 Å². The van der Waals surface area contributed by atoms with Gasteiger partial charge < -0.3 is 14.6 Å². The Bertz CT molecular complexity index is 539. The summed E-state index contributed by atoms with van der Waals surface area (Å²) in [5.74, 6) is 1.20. The van der Waals surface area contributed by atoms with E-state index in [0.29, 0.717) is 22.8 Å². The number of aromatic nitrogens is 3. The molecule has 1 heterocycles. The van der Waals surface area contributed by atoms with Crippen LogP contribution in [0.3, 0.4) is 0 Å². The summed E-state index contributed by atoms with van der Waals surface area (Å²) in [6.07, 6.45) is 0.728. The largest absolute Gasteiger partial charge is 0.493 e. The van der Waals surface area contributed by atoms with Crippen LogP contribution in [0, 0.1) is 0 Å². The quantitative estimate of drug-likeness (QED) is 0.872. The zero-order valence-electron chi connectivity index (χ0n) is 10.5. The van der Waals surface area contributed by atoms with Crippen LogP contribution in [0.15, 0.2) is 24.4 Å². The van der Waals surface area contributed by atoms with Crippen LogP contribution in [-0.4, -0.2) is 34.3 Å². The van der Waals surface area contributed by atoms with Gasteiger partial charge in [0.05, 0.1) is 26.1 Å². The Balaban J connectivity index is 2.37. The van der Waals surface area contributed by atoms with E-state index in [0.717, 1.165) is 0 Å². The first-order valence-corrected chi connectivity index (χ1v) is 5.42. The second kappa shape index (κ2) is 5.05. The molecule has 1 aromatic heterocycles. The fourth-order valence-corrected chi connectivity index (χ4v) is 1.74. The van der Waals surface area contributed by atoms with Crippen LogP contribution in [0.1, 0.15) is 17.4 Å². The van der Waals surface area contributed by atoms with Crippen molar-refractivity contribution in [2.24, 2.45) is 7.05 Å². The summed E-state index contributed by atoms with van der Waals surface area (Å²) in [5, 5.41) is 17.8. The van der Waals surface area contributed by atoms with Crippen LogP contribution in [0.4, 0.5) is 0 Å². The molecule has 0 aliphatic carbocycles. The molecule has 6 nitrogen and oxygen atoms in total. The molecular formula is C12H15N3O3. The normalized spacial score (nSPS) is 12.2. The van der Waals surface area contributed by atoms with Gasteiger partial charge in [-0.05, 0) is 17.7 Å². The fraction of sp³-hybridized carbons (Fsp3) is 0.333. The lowest BCUT2D eigenvalue weighted by molar-refractivity contribution is 0.209. The summed E-state index contributed by atoms with van der Waals surface area (Å²) >= 11 is 0. The van der Waals surface area contributed by atoms with E-state index in [1.54, 1.807) is 39.5 Å². The predicted octanol–water partition coefficient (Wildman–Crippen LogP) is 0.914. The molecular weight excluding hydrogens is 234 g/mol. The molecule has 0 amide bonds. The molecule has 0 saturated carbocycles. The highest BCUT2D eigenvalue weighted by Gasteiger charge is 2.16. The smallest absolute Gasteiger partial charge is 0.161 e. The van der Waals surface area contributed by atoms with E-state index in [9.17, 15) is 5.11 Å². The van der Waals surface area contributed by atoms with Crippen molar-refractivity contribution in [3.8, 4) is 11.5 Å². The maximum absolute atomic E-state index is 10.2. The lowest BCUT2D eigenvalue weighted by Gasteiger charge is -2.13. The van der Waals surface area contributed by atoms with E-state index in [1.807, 2.05) is 0 Å². The SMILES string of the molecule is COc1ccc(C(O)c2cnnn2C)cc1OC. The molecule has 0 fully saturated rings. The van der Waals surface area contributed by atoms with Gasteiger partial charge in [0.25, 0.3) is 0 Å². The van der Waals surface area contributed by atoms with Gasteiger partial charge in [-0.15, -0.1) is 5.10 Å². The molecule has 0 aliphatic heterocycles. The Hall–Kier alpha value is -2.08. The summed E-state index contributed by atoms with van der Waals surface area (Å²) in [6, 6.07) is 5.26. The highest BCUT2D eigenvalue weighted by Crippen LogP contribution is 2.31. The number of ether oxygens (including phenoxy) is 2. The molecule has 0 spiro atoms. The van der Waals surface area contributed by atoms with Gasteiger partial charge in [0.2, 0.25) is 0 Å². The molecule has 0 saturated heterocycles. The zero-order valence-corrected chi connectivity index (χ0v) is 10.5. The number of hydrogen-bond acceptors (Lipinski definition) is 5. The number of aliphatic hydroxyl groups is 1. The molecule has 0 radical (unpaired) electrons. The molecule has 0 bridgehead atoms. The molecule has 1 N–H and O–H groups in total. The van der Waals surface area contributed by atoms with Crippen molar-refractivity contribution >= 4 is 0 Å². The minimum atomic E-state index is -0.801. The Morgan fingerprint density at radius 3 is 2.50 bits per heavy atom. The first-order valence-electron chi connectivity index (χ1n) is 5.42. The summed E-state index contributed by atoms with van der Waals surface area (Å²) in [6.45, 7) is 0. The third-order valence-electron chi connectivity index (χ3n) is 2.75. The summed E-state index contributed by atoms with van der Waals surface area (Å²) in [7, 11) is 4.85. The van der Waals surface area contributed by atoms with Gasteiger partial charge in [-0.2, -0.15) is 0 Å². The molecule has 0 aliphatic rings. The number of benzene rings is 1. The first-order chi connectivity index (χ1) is 8.67. The van der Waals surface area contributed by atoms with Gasteiger partial charge in [0.1, 0.15) is 6.10 Å². The van der Waals surface area contributed by atoms with Gasteiger partial charge in [-0.1, -0.05) is 11.3 Å². The Morgan fingerprint density at radius 1 is 1.22 bits per heavy atom. The molecule has 1 unspecified atom stereocenters. The van der Waals surface area contributed by atoms with Crippen molar-refractivity contribution in [2.75, 3.05) is 14.2 Å². The maximum Gasteiger partial charge on any atom is 0.161 e. The predicted molar refractivity (Wildman–Crippen MR) is 64.6 cm³/mol. The molecule has 6 heteroatoms. The number of aryl methyl sites for hydroxylation is 1. The second-order valence-electron chi connectivity index (χ2n) is 3.80. The Labute approximate surface area is 105 Å². The average molecular weight is 249 g/mol. The van der Waals surface area contributed by atoms with E-state index in [2.05, 4.69) is 10.3 Å². The lowest BCUT2D eigenvalue weighted by Crippen LogP contribution is -2.07. The number of methoxy groups -OCH3 is 2. The third kappa shape index (κ3) is 2.14. The topological polar surface area (TPSA) is 69.4 Å². The van der Waals surface area contributed by atoms with Gasteiger partial charge in [-0.25, -0.2) is 4.68 Å². The van der Waals surface area contributed by atoms with Crippen molar-refractivity contribution in [3.05, 3.63) is 35.7 Å². The lowest BCUT2D eigenvalue weighted by atomic mass is 10.1.